The number of benzene rings is 1. The molecule has 0 aliphatic heterocycles. The van der Waals surface area contributed by atoms with E-state index in [4.69, 9.17) is 0 Å². The van der Waals surface area contributed by atoms with E-state index in [1.807, 2.05) is 6.07 Å². The van der Waals surface area contributed by atoms with E-state index < -0.39 is 0 Å². The van der Waals surface area contributed by atoms with E-state index in [0.717, 1.165) is 6.42 Å². The maximum atomic E-state index is 4.24. The van der Waals surface area contributed by atoms with Gasteiger partial charge in [0.05, 0.1) is 6.04 Å². The van der Waals surface area contributed by atoms with E-state index in [0.29, 0.717) is 12.0 Å². The first-order valence-corrected chi connectivity index (χ1v) is 6.30. The lowest BCUT2D eigenvalue weighted by atomic mass is 9.86. The Bertz CT molecular complexity index is 549. The topological polar surface area (TPSA) is 37.8 Å². The number of hydrogen-bond acceptors (Lipinski definition) is 3. The molecule has 3 heteroatoms. The van der Waals surface area contributed by atoms with Crippen molar-refractivity contribution in [3.8, 4) is 0 Å². The fourth-order valence-corrected chi connectivity index (χ4v) is 2.81. The number of nitrogens with one attached hydrogen (secondary N) is 1. The van der Waals surface area contributed by atoms with Gasteiger partial charge in [0.15, 0.2) is 0 Å². The maximum absolute atomic E-state index is 4.24. The maximum Gasteiger partial charge on any atom is 0.223 e. The highest BCUT2D eigenvalue weighted by Crippen LogP contribution is 2.45. The van der Waals surface area contributed by atoms with E-state index in [2.05, 4.69) is 53.4 Å². The average molecular weight is 239 g/mol. The van der Waals surface area contributed by atoms with Crippen LogP contribution in [0.5, 0.6) is 0 Å². The molecule has 0 saturated carbocycles. The number of hydrogen-bond donors (Lipinski definition) is 1. The van der Waals surface area contributed by atoms with Crippen molar-refractivity contribution in [3.05, 3.63) is 53.9 Å². The van der Waals surface area contributed by atoms with E-state index in [1.54, 1.807) is 12.4 Å². The van der Waals surface area contributed by atoms with Crippen LogP contribution in [-0.2, 0) is 5.41 Å². The number of fused-ring (bicyclic) bond motifs is 1. The summed E-state index contributed by atoms with van der Waals surface area (Å²) in [4.78, 5) is 8.48. The summed E-state index contributed by atoms with van der Waals surface area (Å²) in [5.41, 5.74) is 3.01. The Kier molecular flexibility index (Phi) is 2.54. The Morgan fingerprint density at radius 1 is 1.11 bits per heavy atom. The number of nitrogens with zero attached hydrogens (tertiary/aromatic N) is 2. The third-order valence-corrected chi connectivity index (χ3v) is 3.65. The SMILES string of the molecule is CC1(C)C[C@H](Nc2ncccn2)c2ccccc21. The zero-order valence-corrected chi connectivity index (χ0v) is 10.7. The normalized spacial score (nSPS) is 20.4. The Hall–Kier alpha value is -1.90. The van der Waals surface area contributed by atoms with Crippen LogP contribution in [0, 0.1) is 0 Å². The molecule has 1 atom stereocenters. The lowest BCUT2D eigenvalue weighted by Crippen LogP contribution is -2.15. The molecule has 1 N–H and O–H groups in total. The molecule has 0 radical (unpaired) electrons. The van der Waals surface area contributed by atoms with Crippen molar-refractivity contribution < 1.29 is 0 Å². The monoisotopic (exact) mass is 239 g/mol. The standard InChI is InChI=1S/C15H17N3/c1-15(2)10-13(11-6-3-4-7-12(11)15)18-14-16-8-5-9-17-14/h3-9,13H,10H2,1-2H3,(H,16,17,18)/t13-/m0/s1. The van der Waals surface area contributed by atoms with Crippen LogP contribution in [0.15, 0.2) is 42.7 Å². The minimum atomic E-state index is 0.211. The largest absolute Gasteiger partial charge is 0.347 e. The Balaban J connectivity index is 1.92. The quantitative estimate of drug-likeness (QED) is 0.873. The molecule has 0 unspecified atom stereocenters. The highest BCUT2D eigenvalue weighted by Gasteiger charge is 2.36. The van der Waals surface area contributed by atoms with Gasteiger partial charge in [-0.05, 0) is 29.0 Å². The summed E-state index contributed by atoms with van der Waals surface area (Å²) in [5, 5.41) is 3.43. The molecule has 2 aromatic rings. The third-order valence-electron chi connectivity index (χ3n) is 3.65. The lowest BCUT2D eigenvalue weighted by molar-refractivity contribution is 0.492. The van der Waals surface area contributed by atoms with Gasteiger partial charge in [-0.2, -0.15) is 0 Å². The van der Waals surface area contributed by atoms with Gasteiger partial charge in [-0.25, -0.2) is 9.97 Å². The summed E-state index contributed by atoms with van der Waals surface area (Å²) in [7, 11) is 0. The molecule has 0 amide bonds. The highest BCUT2D eigenvalue weighted by atomic mass is 15.1. The van der Waals surface area contributed by atoms with Crippen LogP contribution >= 0.6 is 0 Å². The van der Waals surface area contributed by atoms with Crippen LogP contribution < -0.4 is 5.32 Å². The van der Waals surface area contributed by atoms with Crippen molar-refractivity contribution in [2.45, 2.75) is 31.7 Å². The molecule has 3 nitrogen and oxygen atoms in total. The predicted octanol–water partition coefficient (Wildman–Crippen LogP) is 3.31. The number of aromatic nitrogens is 2. The van der Waals surface area contributed by atoms with Crippen molar-refractivity contribution in [3.63, 3.8) is 0 Å². The molecule has 18 heavy (non-hydrogen) atoms. The van der Waals surface area contributed by atoms with Crippen LogP contribution in [0.25, 0.3) is 0 Å². The van der Waals surface area contributed by atoms with Crippen molar-refractivity contribution in [2.75, 3.05) is 5.32 Å². The highest BCUT2D eigenvalue weighted by molar-refractivity contribution is 5.45. The minimum absolute atomic E-state index is 0.211. The summed E-state index contributed by atoms with van der Waals surface area (Å²) >= 11 is 0. The van der Waals surface area contributed by atoms with E-state index >= 15 is 0 Å². The minimum Gasteiger partial charge on any atom is -0.347 e. The van der Waals surface area contributed by atoms with Crippen molar-refractivity contribution in [1.29, 1.82) is 0 Å². The van der Waals surface area contributed by atoms with Gasteiger partial charge in [-0.15, -0.1) is 0 Å². The first-order valence-electron chi connectivity index (χ1n) is 6.30. The van der Waals surface area contributed by atoms with Gasteiger partial charge in [-0.3, -0.25) is 0 Å². The first kappa shape index (κ1) is 11.2. The fraction of sp³-hybridized carbons (Fsp3) is 0.333. The lowest BCUT2D eigenvalue weighted by Gasteiger charge is -2.19. The smallest absolute Gasteiger partial charge is 0.223 e. The van der Waals surface area contributed by atoms with Crippen molar-refractivity contribution >= 4 is 5.95 Å². The second kappa shape index (κ2) is 4.09. The molecular weight excluding hydrogens is 222 g/mol. The Labute approximate surface area is 107 Å². The molecule has 92 valence electrons. The molecule has 1 aliphatic rings. The summed E-state index contributed by atoms with van der Waals surface area (Å²) in [5.74, 6) is 0.704. The van der Waals surface area contributed by atoms with Crippen LogP contribution in [-0.4, -0.2) is 9.97 Å². The van der Waals surface area contributed by atoms with Crippen molar-refractivity contribution in [2.24, 2.45) is 0 Å². The zero-order chi connectivity index (χ0) is 12.6. The van der Waals surface area contributed by atoms with Gasteiger partial charge in [0.1, 0.15) is 0 Å². The second-order valence-electron chi connectivity index (χ2n) is 5.44. The van der Waals surface area contributed by atoms with Crippen LogP contribution in [0.3, 0.4) is 0 Å². The van der Waals surface area contributed by atoms with E-state index in [1.165, 1.54) is 11.1 Å². The van der Waals surface area contributed by atoms with E-state index in [9.17, 15) is 0 Å². The van der Waals surface area contributed by atoms with Crippen LogP contribution in [0.2, 0.25) is 0 Å². The molecule has 0 fully saturated rings. The molecule has 3 rings (SSSR count). The molecule has 1 aromatic heterocycles. The average Bonchev–Trinajstić information content (AvgIpc) is 2.63. The molecule has 1 aliphatic carbocycles. The van der Waals surface area contributed by atoms with Crippen LogP contribution in [0.1, 0.15) is 37.4 Å². The molecular formula is C15H17N3. The van der Waals surface area contributed by atoms with Crippen LogP contribution in [0.4, 0.5) is 5.95 Å². The first-order chi connectivity index (χ1) is 8.67. The number of anilines is 1. The summed E-state index contributed by atoms with van der Waals surface area (Å²) in [6.45, 7) is 4.58. The molecule has 1 heterocycles. The summed E-state index contributed by atoms with van der Waals surface area (Å²) in [6.07, 6.45) is 4.60. The van der Waals surface area contributed by atoms with Gasteiger partial charge in [0.25, 0.3) is 0 Å². The van der Waals surface area contributed by atoms with Gasteiger partial charge < -0.3 is 5.32 Å². The summed E-state index contributed by atoms with van der Waals surface area (Å²) < 4.78 is 0. The number of rotatable bonds is 2. The Morgan fingerprint density at radius 3 is 2.61 bits per heavy atom. The van der Waals surface area contributed by atoms with Crippen molar-refractivity contribution in [1.82, 2.24) is 9.97 Å². The molecule has 0 saturated heterocycles. The van der Waals surface area contributed by atoms with Gasteiger partial charge in [-0.1, -0.05) is 38.1 Å². The molecule has 0 spiro atoms. The van der Waals surface area contributed by atoms with E-state index in [-0.39, 0.29) is 5.41 Å². The molecule has 1 aromatic carbocycles. The van der Waals surface area contributed by atoms with Gasteiger partial charge in [0.2, 0.25) is 5.95 Å². The Morgan fingerprint density at radius 2 is 1.83 bits per heavy atom. The summed E-state index contributed by atoms with van der Waals surface area (Å²) in [6, 6.07) is 10.8. The van der Waals surface area contributed by atoms with Gasteiger partial charge >= 0.3 is 0 Å². The van der Waals surface area contributed by atoms with Gasteiger partial charge in [0, 0.05) is 12.4 Å². The third kappa shape index (κ3) is 1.86. The fourth-order valence-electron chi connectivity index (χ4n) is 2.81. The molecule has 0 bridgehead atoms. The predicted molar refractivity (Wildman–Crippen MR) is 72.5 cm³/mol. The second-order valence-corrected chi connectivity index (χ2v) is 5.44. The zero-order valence-electron chi connectivity index (χ0n) is 10.7.